The maximum absolute atomic E-state index is 5.53. The Bertz CT molecular complexity index is 1110. The number of benzene rings is 1. The fraction of sp³-hybridized carbons (Fsp3) is 0.238. The fourth-order valence-electron chi connectivity index (χ4n) is 3.18. The summed E-state index contributed by atoms with van der Waals surface area (Å²) in [6.07, 6.45) is 5.21. The molecule has 0 bridgehead atoms. The van der Waals surface area contributed by atoms with Crippen LogP contribution in [0.15, 0.2) is 53.4 Å². The third kappa shape index (κ3) is 4.15. The van der Waals surface area contributed by atoms with E-state index in [0.717, 1.165) is 28.1 Å². The summed E-state index contributed by atoms with van der Waals surface area (Å²) in [5.74, 6) is 2.53. The van der Waals surface area contributed by atoms with Crippen LogP contribution < -0.4 is 9.47 Å². The van der Waals surface area contributed by atoms with Crippen molar-refractivity contribution in [2.75, 3.05) is 21.3 Å². The Kier molecular flexibility index (Phi) is 5.71. The highest BCUT2D eigenvalue weighted by Crippen LogP contribution is 2.34. The Labute approximate surface area is 173 Å². The van der Waals surface area contributed by atoms with Gasteiger partial charge < -0.3 is 14.0 Å². The average molecular weight is 406 g/mol. The van der Waals surface area contributed by atoms with E-state index in [1.165, 1.54) is 0 Å². The van der Waals surface area contributed by atoms with E-state index >= 15 is 0 Å². The first-order valence-corrected chi connectivity index (χ1v) is 9.34. The predicted molar refractivity (Wildman–Crippen MR) is 110 cm³/mol. The molecule has 0 aliphatic heterocycles. The first kappa shape index (κ1) is 19.6. The third-order valence-electron chi connectivity index (χ3n) is 4.65. The Hall–Kier alpha value is -3.72. The van der Waals surface area contributed by atoms with Crippen LogP contribution in [0.4, 0.5) is 0 Å². The maximum Gasteiger partial charge on any atom is 0.241 e. The zero-order chi connectivity index (χ0) is 20.9. The number of pyridine rings is 1. The first-order valence-electron chi connectivity index (χ1n) is 9.34. The normalized spacial score (nSPS) is 11.1. The second-order valence-electron chi connectivity index (χ2n) is 6.76. The van der Waals surface area contributed by atoms with Gasteiger partial charge in [-0.25, -0.2) is 0 Å². The van der Waals surface area contributed by atoms with Crippen LogP contribution >= 0.6 is 0 Å². The summed E-state index contributed by atoms with van der Waals surface area (Å²) in [5, 5.41) is 11.4. The van der Waals surface area contributed by atoms with Gasteiger partial charge in [0.1, 0.15) is 11.5 Å². The number of methoxy groups -OCH3 is 2. The van der Waals surface area contributed by atoms with Crippen molar-refractivity contribution in [2.24, 2.45) is 0 Å². The van der Waals surface area contributed by atoms with Crippen LogP contribution in [-0.4, -0.2) is 51.5 Å². The van der Waals surface area contributed by atoms with Gasteiger partial charge in [-0.1, -0.05) is 5.16 Å². The highest BCUT2D eigenvalue weighted by atomic mass is 16.5. The van der Waals surface area contributed by atoms with Gasteiger partial charge in [-0.15, -0.1) is 0 Å². The number of nitrogens with one attached hydrogen (secondary N) is 1. The van der Waals surface area contributed by atoms with Crippen molar-refractivity contribution in [1.29, 1.82) is 0 Å². The quantitative estimate of drug-likeness (QED) is 0.476. The average Bonchev–Trinajstić information content (AvgIpc) is 3.43. The summed E-state index contributed by atoms with van der Waals surface area (Å²) in [7, 11) is 5.25. The van der Waals surface area contributed by atoms with Crippen LogP contribution in [-0.2, 0) is 13.1 Å². The molecular weight excluding hydrogens is 384 g/mol. The summed E-state index contributed by atoms with van der Waals surface area (Å²) in [5.41, 5.74) is 3.70. The van der Waals surface area contributed by atoms with E-state index in [0.29, 0.717) is 30.6 Å². The van der Waals surface area contributed by atoms with Crippen molar-refractivity contribution >= 4 is 0 Å². The Balaban J connectivity index is 1.49. The van der Waals surface area contributed by atoms with Crippen molar-refractivity contribution in [2.45, 2.75) is 13.1 Å². The molecule has 0 atom stereocenters. The van der Waals surface area contributed by atoms with Crippen LogP contribution in [0.2, 0.25) is 0 Å². The van der Waals surface area contributed by atoms with Crippen molar-refractivity contribution in [3.05, 3.63) is 60.4 Å². The number of ether oxygens (including phenoxy) is 2. The monoisotopic (exact) mass is 406 g/mol. The van der Waals surface area contributed by atoms with Crippen LogP contribution in [0.5, 0.6) is 11.5 Å². The molecule has 0 aliphatic rings. The molecule has 1 aromatic carbocycles. The predicted octanol–water partition coefficient (Wildman–Crippen LogP) is 3.17. The second kappa shape index (κ2) is 8.75. The van der Waals surface area contributed by atoms with Crippen LogP contribution in [0.1, 0.15) is 11.5 Å². The molecule has 3 aromatic heterocycles. The lowest BCUT2D eigenvalue weighted by atomic mass is 10.1. The molecule has 9 heteroatoms. The van der Waals surface area contributed by atoms with Gasteiger partial charge in [0.05, 0.1) is 32.7 Å². The van der Waals surface area contributed by atoms with Gasteiger partial charge in [0, 0.05) is 41.7 Å². The van der Waals surface area contributed by atoms with E-state index in [2.05, 4.69) is 30.2 Å². The lowest BCUT2D eigenvalue weighted by Crippen LogP contribution is -2.17. The summed E-state index contributed by atoms with van der Waals surface area (Å²) in [6.45, 7) is 1.14. The number of H-pyrrole nitrogens is 1. The fourth-order valence-corrected chi connectivity index (χ4v) is 3.18. The molecule has 0 aliphatic carbocycles. The summed E-state index contributed by atoms with van der Waals surface area (Å²) in [6, 6.07) is 9.39. The molecule has 4 aromatic rings. The standard InChI is InChI=1S/C21H22N6O3/c1-27(13-19-24-21(26-30-19)14-6-8-22-9-7-14)12-15-11-23-25-20(15)17-5-4-16(28-2)10-18(17)29-3/h4-11H,12-13H2,1-3H3,(H,23,25). The molecule has 0 unspecified atom stereocenters. The summed E-state index contributed by atoms with van der Waals surface area (Å²) >= 11 is 0. The minimum absolute atomic E-state index is 0.502. The SMILES string of the molecule is COc1ccc(-c2[nH]ncc2CN(C)Cc2nc(-c3ccncc3)no2)c(OC)c1. The minimum Gasteiger partial charge on any atom is -0.497 e. The number of aromatic amines is 1. The molecule has 0 radical (unpaired) electrons. The zero-order valence-electron chi connectivity index (χ0n) is 17.0. The van der Waals surface area contributed by atoms with Crippen LogP contribution in [0.25, 0.3) is 22.6 Å². The van der Waals surface area contributed by atoms with Crippen molar-refractivity contribution in [3.8, 4) is 34.1 Å². The number of hydrogen-bond acceptors (Lipinski definition) is 8. The van der Waals surface area contributed by atoms with E-state index in [1.807, 2.05) is 43.6 Å². The second-order valence-corrected chi connectivity index (χ2v) is 6.76. The molecule has 30 heavy (non-hydrogen) atoms. The highest BCUT2D eigenvalue weighted by Gasteiger charge is 2.17. The molecule has 1 N–H and O–H groups in total. The van der Waals surface area contributed by atoms with Crippen LogP contribution in [0.3, 0.4) is 0 Å². The summed E-state index contributed by atoms with van der Waals surface area (Å²) in [4.78, 5) is 10.6. The van der Waals surface area contributed by atoms with Crippen molar-refractivity contribution in [1.82, 2.24) is 30.2 Å². The lowest BCUT2D eigenvalue weighted by molar-refractivity contribution is 0.261. The van der Waals surface area contributed by atoms with Crippen LogP contribution in [0, 0.1) is 0 Å². The van der Waals surface area contributed by atoms with E-state index in [-0.39, 0.29) is 0 Å². The Morgan fingerprint density at radius 1 is 1.07 bits per heavy atom. The van der Waals surface area contributed by atoms with E-state index in [9.17, 15) is 0 Å². The number of rotatable bonds is 8. The highest BCUT2D eigenvalue weighted by molar-refractivity contribution is 5.71. The third-order valence-corrected chi connectivity index (χ3v) is 4.65. The molecule has 0 amide bonds. The largest absolute Gasteiger partial charge is 0.497 e. The molecule has 0 saturated heterocycles. The van der Waals surface area contributed by atoms with Gasteiger partial charge in [0.2, 0.25) is 11.7 Å². The van der Waals surface area contributed by atoms with E-state index in [4.69, 9.17) is 14.0 Å². The molecule has 0 saturated carbocycles. The van der Waals surface area contributed by atoms with Gasteiger partial charge in [-0.05, 0) is 31.3 Å². The number of hydrogen-bond donors (Lipinski definition) is 1. The van der Waals surface area contributed by atoms with Gasteiger partial charge in [0.15, 0.2) is 0 Å². The lowest BCUT2D eigenvalue weighted by Gasteiger charge is -2.15. The zero-order valence-corrected chi connectivity index (χ0v) is 17.0. The molecule has 4 rings (SSSR count). The minimum atomic E-state index is 0.502. The Morgan fingerprint density at radius 2 is 1.90 bits per heavy atom. The molecule has 3 heterocycles. The smallest absolute Gasteiger partial charge is 0.241 e. The van der Waals surface area contributed by atoms with Gasteiger partial charge in [0.25, 0.3) is 0 Å². The topological polar surface area (TPSA) is 102 Å². The van der Waals surface area contributed by atoms with E-state index in [1.54, 1.807) is 26.6 Å². The van der Waals surface area contributed by atoms with Crippen molar-refractivity contribution in [3.63, 3.8) is 0 Å². The van der Waals surface area contributed by atoms with Gasteiger partial charge >= 0.3 is 0 Å². The molecule has 0 spiro atoms. The molecule has 0 fully saturated rings. The Morgan fingerprint density at radius 3 is 2.67 bits per heavy atom. The number of nitrogens with zero attached hydrogens (tertiary/aromatic N) is 5. The molecular formula is C21H22N6O3. The van der Waals surface area contributed by atoms with Crippen molar-refractivity contribution < 1.29 is 14.0 Å². The van der Waals surface area contributed by atoms with Gasteiger partial charge in [-0.3, -0.25) is 15.0 Å². The maximum atomic E-state index is 5.53. The molecule has 9 nitrogen and oxygen atoms in total. The van der Waals surface area contributed by atoms with Gasteiger partial charge in [-0.2, -0.15) is 10.1 Å². The van der Waals surface area contributed by atoms with E-state index < -0.39 is 0 Å². The molecule has 154 valence electrons. The summed E-state index contributed by atoms with van der Waals surface area (Å²) < 4.78 is 16.2. The number of aromatic nitrogens is 5. The first-order chi connectivity index (χ1) is 14.7.